The van der Waals surface area contributed by atoms with Gasteiger partial charge in [0.05, 0.1) is 13.2 Å². The Morgan fingerprint density at radius 3 is 2.32 bits per heavy atom. The van der Waals surface area contributed by atoms with Crippen molar-refractivity contribution in [1.82, 2.24) is 10.3 Å². The van der Waals surface area contributed by atoms with E-state index >= 15 is 0 Å². The maximum absolute atomic E-state index is 12.4. The van der Waals surface area contributed by atoms with Crippen LogP contribution in [-0.2, 0) is 11.3 Å². The van der Waals surface area contributed by atoms with Gasteiger partial charge in [-0.15, -0.1) is 0 Å². The van der Waals surface area contributed by atoms with Crippen molar-refractivity contribution in [2.75, 3.05) is 31.2 Å². The fraction of sp³-hybridized carbons (Fsp3) is 0.217. The van der Waals surface area contributed by atoms with Gasteiger partial charge in [0, 0.05) is 31.4 Å². The lowest BCUT2D eigenvalue weighted by atomic mass is 10.0. The third-order valence-electron chi connectivity index (χ3n) is 4.85. The highest BCUT2D eigenvalue weighted by atomic mass is 16.5. The van der Waals surface area contributed by atoms with Crippen molar-refractivity contribution in [1.29, 1.82) is 0 Å². The van der Waals surface area contributed by atoms with Crippen LogP contribution in [0, 0.1) is 0 Å². The van der Waals surface area contributed by atoms with Crippen molar-refractivity contribution in [3.63, 3.8) is 0 Å². The molecule has 0 radical (unpaired) electrons. The molecule has 1 saturated heterocycles. The van der Waals surface area contributed by atoms with Crippen molar-refractivity contribution in [3.05, 3.63) is 84.1 Å². The zero-order valence-electron chi connectivity index (χ0n) is 15.7. The summed E-state index contributed by atoms with van der Waals surface area (Å²) in [5.41, 5.74) is 3.87. The number of rotatable bonds is 5. The van der Waals surface area contributed by atoms with Gasteiger partial charge in [0.15, 0.2) is 0 Å². The summed E-state index contributed by atoms with van der Waals surface area (Å²) >= 11 is 0. The average molecular weight is 373 g/mol. The molecule has 1 aromatic heterocycles. The fourth-order valence-electron chi connectivity index (χ4n) is 3.23. The number of carbonyl (C=O) groups is 1. The molecule has 1 aliphatic rings. The molecule has 0 saturated carbocycles. The Hall–Kier alpha value is -3.18. The standard InChI is InChI=1S/C23H23N3O2/c27-23(21-9-7-20(8-10-21)19-4-2-1-3-5-19)25-17-18-6-11-22(24-16-18)26-12-14-28-15-13-26/h1-11,16H,12-15,17H2,(H,25,27). The number of carbonyl (C=O) groups excluding carboxylic acids is 1. The number of amides is 1. The van der Waals surface area contributed by atoms with Crippen LogP contribution in [0.15, 0.2) is 72.9 Å². The van der Waals surface area contributed by atoms with Gasteiger partial charge in [0.1, 0.15) is 5.82 Å². The summed E-state index contributed by atoms with van der Waals surface area (Å²) in [7, 11) is 0. The minimum atomic E-state index is -0.0862. The van der Waals surface area contributed by atoms with E-state index in [9.17, 15) is 4.79 Å². The van der Waals surface area contributed by atoms with Gasteiger partial charge < -0.3 is 15.0 Å². The first kappa shape index (κ1) is 18.2. The first-order chi connectivity index (χ1) is 13.8. The molecule has 3 aromatic rings. The second-order valence-corrected chi connectivity index (χ2v) is 6.75. The number of nitrogens with zero attached hydrogens (tertiary/aromatic N) is 2. The van der Waals surface area contributed by atoms with Crippen LogP contribution in [0.5, 0.6) is 0 Å². The summed E-state index contributed by atoms with van der Waals surface area (Å²) in [6.07, 6.45) is 1.82. The minimum absolute atomic E-state index is 0.0862. The Morgan fingerprint density at radius 1 is 0.929 bits per heavy atom. The molecule has 142 valence electrons. The third kappa shape index (κ3) is 4.38. The molecule has 2 heterocycles. The van der Waals surface area contributed by atoms with E-state index in [1.54, 1.807) is 0 Å². The first-order valence-corrected chi connectivity index (χ1v) is 9.51. The van der Waals surface area contributed by atoms with Gasteiger partial charge >= 0.3 is 0 Å². The lowest BCUT2D eigenvalue weighted by Crippen LogP contribution is -2.36. The number of nitrogens with one attached hydrogen (secondary N) is 1. The maximum atomic E-state index is 12.4. The van der Waals surface area contributed by atoms with Gasteiger partial charge in [0.25, 0.3) is 5.91 Å². The molecule has 0 bridgehead atoms. The summed E-state index contributed by atoms with van der Waals surface area (Å²) < 4.78 is 5.37. The summed E-state index contributed by atoms with van der Waals surface area (Å²) in [5, 5.41) is 2.96. The number of aromatic nitrogens is 1. The monoisotopic (exact) mass is 373 g/mol. The number of pyridine rings is 1. The van der Waals surface area contributed by atoms with Crippen LogP contribution >= 0.6 is 0 Å². The van der Waals surface area contributed by atoms with E-state index in [0.717, 1.165) is 48.8 Å². The van der Waals surface area contributed by atoms with Crippen LogP contribution in [0.1, 0.15) is 15.9 Å². The van der Waals surface area contributed by atoms with Crippen molar-refractivity contribution >= 4 is 11.7 Å². The fourth-order valence-corrected chi connectivity index (χ4v) is 3.23. The highest BCUT2D eigenvalue weighted by Crippen LogP contribution is 2.19. The third-order valence-corrected chi connectivity index (χ3v) is 4.85. The molecule has 0 atom stereocenters. The molecule has 2 aromatic carbocycles. The molecular formula is C23H23N3O2. The molecule has 1 fully saturated rings. The summed E-state index contributed by atoms with van der Waals surface area (Å²) in [5.74, 6) is 0.867. The van der Waals surface area contributed by atoms with E-state index in [0.29, 0.717) is 12.1 Å². The summed E-state index contributed by atoms with van der Waals surface area (Å²) in [6.45, 7) is 3.66. The molecule has 4 rings (SSSR count). The molecule has 0 spiro atoms. The van der Waals surface area contributed by atoms with Gasteiger partial charge in [0.2, 0.25) is 0 Å². The SMILES string of the molecule is O=C(NCc1ccc(N2CCOCC2)nc1)c1ccc(-c2ccccc2)cc1. The summed E-state index contributed by atoms with van der Waals surface area (Å²) in [6, 6.07) is 21.8. The second-order valence-electron chi connectivity index (χ2n) is 6.75. The molecule has 0 aliphatic carbocycles. The normalized spacial score (nSPS) is 13.9. The lowest BCUT2D eigenvalue weighted by Gasteiger charge is -2.27. The number of benzene rings is 2. The maximum Gasteiger partial charge on any atom is 0.251 e. The predicted molar refractivity (Wildman–Crippen MR) is 110 cm³/mol. The number of ether oxygens (including phenoxy) is 1. The van der Waals surface area contributed by atoms with Crippen molar-refractivity contribution < 1.29 is 9.53 Å². The van der Waals surface area contributed by atoms with Gasteiger partial charge in [-0.3, -0.25) is 4.79 Å². The van der Waals surface area contributed by atoms with E-state index in [2.05, 4.69) is 27.3 Å². The quantitative estimate of drug-likeness (QED) is 0.744. The average Bonchev–Trinajstić information content (AvgIpc) is 2.79. The number of hydrogen-bond donors (Lipinski definition) is 1. The molecular weight excluding hydrogens is 350 g/mol. The smallest absolute Gasteiger partial charge is 0.251 e. The molecule has 1 N–H and O–H groups in total. The zero-order chi connectivity index (χ0) is 19.2. The Balaban J connectivity index is 1.34. The zero-order valence-corrected chi connectivity index (χ0v) is 15.7. The lowest BCUT2D eigenvalue weighted by molar-refractivity contribution is 0.0951. The van der Waals surface area contributed by atoms with Crippen molar-refractivity contribution in [2.45, 2.75) is 6.54 Å². The molecule has 0 unspecified atom stereocenters. The van der Waals surface area contributed by atoms with Gasteiger partial charge in [-0.25, -0.2) is 4.98 Å². The molecule has 5 nitrogen and oxygen atoms in total. The van der Waals surface area contributed by atoms with Crippen LogP contribution in [-0.4, -0.2) is 37.2 Å². The van der Waals surface area contributed by atoms with Crippen molar-refractivity contribution in [3.8, 4) is 11.1 Å². The first-order valence-electron chi connectivity index (χ1n) is 9.51. The van der Waals surface area contributed by atoms with E-state index in [1.807, 2.05) is 60.8 Å². The summed E-state index contributed by atoms with van der Waals surface area (Å²) in [4.78, 5) is 19.2. The van der Waals surface area contributed by atoms with Crippen LogP contribution in [0.4, 0.5) is 5.82 Å². The Labute approximate surface area is 165 Å². The highest BCUT2D eigenvalue weighted by Gasteiger charge is 2.12. The molecule has 1 amide bonds. The molecule has 28 heavy (non-hydrogen) atoms. The Kier molecular flexibility index (Phi) is 5.64. The second kappa shape index (κ2) is 8.67. The van der Waals surface area contributed by atoms with Crippen LogP contribution < -0.4 is 10.2 Å². The van der Waals surface area contributed by atoms with Crippen LogP contribution in [0.25, 0.3) is 11.1 Å². The van der Waals surface area contributed by atoms with Crippen molar-refractivity contribution in [2.24, 2.45) is 0 Å². The van der Waals surface area contributed by atoms with E-state index in [1.165, 1.54) is 0 Å². The van der Waals surface area contributed by atoms with Crippen LogP contribution in [0.3, 0.4) is 0 Å². The number of anilines is 1. The topological polar surface area (TPSA) is 54.5 Å². The Morgan fingerprint density at radius 2 is 1.64 bits per heavy atom. The number of hydrogen-bond acceptors (Lipinski definition) is 4. The molecule has 1 aliphatic heterocycles. The largest absolute Gasteiger partial charge is 0.378 e. The predicted octanol–water partition coefficient (Wildman–Crippen LogP) is 3.52. The minimum Gasteiger partial charge on any atom is -0.378 e. The van der Waals surface area contributed by atoms with Gasteiger partial charge in [-0.05, 0) is 34.9 Å². The number of morpholine rings is 1. The molecule has 5 heteroatoms. The van der Waals surface area contributed by atoms with Gasteiger partial charge in [-0.1, -0.05) is 48.5 Å². The van der Waals surface area contributed by atoms with E-state index in [4.69, 9.17) is 4.74 Å². The van der Waals surface area contributed by atoms with Gasteiger partial charge in [-0.2, -0.15) is 0 Å². The van der Waals surface area contributed by atoms with E-state index in [-0.39, 0.29) is 5.91 Å². The Bertz CT molecular complexity index is 903. The van der Waals surface area contributed by atoms with E-state index < -0.39 is 0 Å². The highest BCUT2D eigenvalue weighted by molar-refractivity contribution is 5.94. The van der Waals surface area contributed by atoms with Crippen LogP contribution in [0.2, 0.25) is 0 Å².